The third-order valence-electron chi connectivity index (χ3n) is 2.71. The number of nitrogens with two attached hydrogens (primary N) is 1. The molecule has 1 atom stereocenters. The van der Waals surface area contributed by atoms with E-state index in [0.717, 1.165) is 11.6 Å². The number of hydrogen-bond donors (Lipinski definition) is 1. The molecule has 2 aromatic rings. The lowest BCUT2D eigenvalue weighted by molar-refractivity contribution is 0.544. The molecule has 0 aliphatic heterocycles. The first-order valence-corrected chi connectivity index (χ1v) is 5.30. The van der Waals surface area contributed by atoms with Gasteiger partial charge in [0, 0.05) is 17.7 Å². The normalized spacial score (nSPS) is 12.7. The van der Waals surface area contributed by atoms with Gasteiger partial charge in [-0.25, -0.2) is 8.78 Å². The SMILES string of the molecule is Cc1cc(C(N)Cc2ccoc2)c(F)cc1F. The fraction of sp³-hybridized carbons (Fsp3) is 0.231. The maximum absolute atomic E-state index is 13.6. The first kappa shape index (κ1) is 11.8. The zero-order valence-corrected chi connectivity index (χ0v) is 9.41. The zero-order chi connectivity index (χ0) is 12.4. The molecule has 2 rings (SSSR count). The van der Waals surface area contributed by atoms with Gasteiger partial charge in [-0.15, -0.1) is 0 Å². The number of furan rings is 1. The van der Waals surface area contributed by atoms with Crippen LogP contribution in [0.1, 0.15) is 22.7 Å². The molecule has 1 unspecified atom stereocenters. The van der Waals surface area contributed by atoms with E-state index in [0.29, 0.717) is 17.5 Å². The van der Waals surface area contributed by atoms with Crippen LogP contribution in [0, 0.1) is 18.6 Å². The summed E-state index contributed by atoms with van der Waals surface area (Å²) in [7, 11) is 0. The summed E-state index contributed by atoms with van der Waals surface area (Å²) in [5, 5.41) is 0. The van der Waals surface area contributed by atoms with Crippen LogP contribution in [0.5, 0.6) is 0 Å². The minimum absolute atomic E-state index is 0.324. The minimum Gasteiger partial charge on any atom is -0.472 e. The molecule has 2 N–H and O–H groups in total. The molecule has 0 aliphatic rings. The van der Waals surface area contributed by atoms with Gasteiger partial charge in [-0.1, -0.05) is 0 Å². The van der Waals surface area contributed by atoms with Crippen molar-refractivity contribution in [2.24, 2.45) is 5.73 Å². The summed E-state index contributed by atoms with van der Waals surface area (Å²) in [5.41, 5.74) is 7.51. The molecule has 0 spiro atoms. The minimum atomic E-state index is -0.607. The van der Waals surface area contributed by atoms with Crippen molar-refractivity contribution in [3.63, 3.8) is 0 Å². The Morgan fingerprint density at radius 2 is 2.06 bits per heavy atom. The predicted molar refractivity (Wildman–Crippen MR) is 60.4 cm³/mol. The Balaban J connectivity index is 2.24. The highest BCUT2D eigenvalue weighted by Gasteiger charge is 2.15. The van der Waals surface area contributed by atoms with Crippen molar-refractivity contribution in [2.75, 3.05) is 0 Å². The number of benzene rings is 1. The molecule has 0 saturated heterocycles. The average molecular weight is 237 g/mol. The van der Waals surface area contributed by atoms with Gasteiger partial charge in [0.2, 0.25) is 0 Å². The van der Waals surface area contributed by atoms with Gasteiger partial charge in [-0.05, 0) is 36.6 Å². The van der Waals surface area contributed by atoms with E-state index in [9.17, 15) is 8.78 Å². The Kier molecular flexibility index (Phi) is 3.24. The van der Waals surface area contributed by atoms with Crippen molar-refractivity contribution < 1.29 is 13.2 Å². The molecule has 17 heavy (non-hydrogen) atoms. The molecule has 0 amide bonds. The summed E-state index contributed by atoms with van der Waals surface area (Å²) in [6.07, 6.45) is 3.56. The van der Waals surface area contributed by atoms with Gasteiger partial charge in [0.1, 0.15) is 11.6 Å². The van der Waals surface area contributed by atoms with Gasteiger partial charge in [0.05, 0.1) is 12.5 Å². The Bertz CT molecular complexity index is 508. The maximum Gasteiger partial charge on any atom is 0.130 e. The smallest absolute Gasteiger partial charge is 0.130 e. The Morgan fingerprint density at radius 3 is 2.71 bits per heavy atom. The van der Waals surface area contributed by atoms with E-state index in [1.54, 1.807) is 19.3 Å². The summed E-state index contributed by atoms with van der Waals surface area (Å²) in [4.78, 5) is 0. The van der Waals surface area contributed by atoms with Gasteiger partial charge < -0.3 is 10.2 Å². The van der Waals surface area contributed by atoms with Crippen molar-refractivity contribution in [1.82, 2.24) is 0 Å². The van der Waals surface area contributed by atoms with E-state index in [-0.39, 0.29) is 0 Å². The van der Waals surface area contributed by atoms with Crippen LogP contribution in [0.25, 0.3) is 0 Å². The van der Waals surface area contributed by atoms with Gasteiger partial charge in [0.25, 0.3) is 0 Å². The molecule has 0 saturated carbocycles. The second kappa shape index (κ2) is 4.67. The first-order valence-electron chi connectivity index (χ1n) is 5.30. The molecule has 0 bridgehead atoms. The highest BCUT2D eigenvalue weighted by Crippen LogP contribution is 2.22. The number of rotatable bonds is 3. The maximum atomic E-state index is 13.6. The van der Waals surface area contributed by atoms with Gasteiger partial charge in [-0.3, -0.25) is 0 Å². The van der Waals surface area contributed by atoms with Crippen molar-refractivity contribution in [1.29, 1.82) is 0 Å². The second-order valence-corrected chi connectivity index (χ2v) is 4.07. The van der Waals surface area contributed by atoms with Crippen molar-refractivity contribution in [2.45, 2.75) is 19.4 Å². The van der Waals surface area contributed by atoms with Crippen LogP contribution in [0.15, 0.2) is 35.1 Å². The monoisotopic (exact) mass is 237 g/mol. The average Bonchev–Trinajstić information content (AvgIpc) is 2.76. The van der Waals surface area contributed by atoms with E-state index in [4.69, 9.17) is 10.2 Å². The van der Waals surface area contributed by atoms with Crippen LogP contribution >= 0.6 is 0 Å². The fourth-order valence-electron chi connectivity index (χ4n) is 1.74. The van der Waals surface area contributed by atoms with E-state index in [1.165, 1.54) is 12.3 Å². The second-order valence-electron chi connectivity index (χ2n) is 4.07. The molecular weight excluding hydrogens is 224 g/mol. The third kappa shape index (κ3) is 2.53. The Morgan fingerprint density at radius 1 is 1.29 bits per heavy atom. The molecular formula is C13H13F2NO. The molecule has 1 aromatic carbocycles. The molecule has 4 heteroatoms. The lowest BCUT2D eigenvalue weighted by atomic mass is 9.99. The largest absolute Gasteiger partial charge is 0.472 e. The van der Waals surface area contributed by atoms with Crippen molar-refractivity contribution in [3.05, 3.63) is 59.1 Å². The first-order chi connectivity index (χ1) is 8.08. The van der Waals surface area contributed by atoms with Gasteiger partial charge in [-0.2, -0.15) is 0 Å². The molecule has 1 aromatic heterocycles. The quantitative estimate of drug-likeness (QED) is 0.890. The van der Waals surface area contributed by atoms with E-state index in [2.05, 4.69) is 0 Å². The van der Waals surface area contributed by atoms with E-state index < -0.39 is 17.7 Å². The van der Waals surface area contributed by atoms with E-state index in [1.807, 2.05) is 0 Å². The highest BCUT2D eigenvalue weighted by molar-refractivity contribution is 5.29. The number of aryl methyl sites for hydroxylation is 1. The molecule has 2 nitrogen and oxygen atoms in total. The van der Waals surface area contributed by atoms with Crippen LogP contribution in [-0.4, -0.2) is 0 Å². The van der Waals surface area contributed by atoms with E-state index >= 15 is 0 Å². The summed E-state index contributed by atoms with van der Waals surface area (Å²) < 4.78 is 31.6. The fourth-order valence-corrected chi connectivity index (χ4v) is 1.74. The summed E-state index contributed by atoms with van der Waals surface area (Å²) >= 11 is 0. The number of halogens is 2. The summed E-state index contributed by atoms with van der Waals surface area (Å²) in [6.45, 7) is 1.59. The lowest BCUT2D eigenvalue weighted by Gasteiger charge is -2.13. The lowest BCUT2D eigenvalue weighted by Crippen LogP contribution is -2.15. The van der Waals surface area contributed by atoms with Crippen molar-refractivity contribution >= 4 is 0 Å². The number of hydrogen-bond acceptors (Lipinski definition) is 2. The molecule has 0 aliphatic carbocycles. The predicted octanol–water partition coefficient (Wildman–Crippen LogP) is 3.11. The molecule has 0 fully saturated rings. The molecule has 1 heterocycles. The van der Waals surface area contributed by atoms with Gasteiger partial charge in [0.15, 0.2) is 0 Å². The third-order valence-corrected chi connectivity index (χ3v) is 2.71. The molecule has 0 radical (unpaired) electrons. The van der Waals surface area contributed by atoms with Crippen LogP contribution in [0.2, 0.25) is 0 Å². The topological polar surface area (TPSA) is 39.2 Å². The standard InChI is InChI=1S/C13H13F2NO/c1-8-4-10(12(15)6-11(8)14)13(16)5-9-2-3-17-7-9/h2-4,6-7,13H,5,16H2,1H3. The van der Waals surface area contributed by atoms with Gasteiger partial charge >= 0.3 is 0 Å². The Hall–Kier alpha value is -1.68. The van der Waals surface area contributed by atoms with Crippen LogP contribution < -0.4 is 5.73 Å². The zero-order valence-electron chi connectivity index (χ0n) is 9.41. The Labute approximate surface area is 98.0 Å². The molecule has 90 valence electrons. The summed E-state index contributed by atoms with van der Waals surface area (Å²) in [6, 6.07) is 3.59. The van der Waals surface area contributed by atoms with Crippen LogP contribution in [-0.2, 0) is 6.42 Å². The summed E-state index contributed by atoms with van der Waals surface area (Å²) in [5.74, 6) is -1.16. The van der Waals surface area contributed by atoms with Crippen molar-refractivity contribution in [3.8, 4) is 0 Å². The van der Waals surface area contributed by atoms with Crippen LogP contribution in [0.4, 0.5) is 8.78 Å². The highest BCUT2D eigenvalue weighted by atomic mass is 19.1. The van der Waals surface area contributed by atoms with Crippen LogP contribution in [0.3, 0.4) is 0 Å².